The lowest BCUT2D eigenvalue weighted by molar-refractivity contribution is -0.139. The number of ether oxygens (including phenoxy) is 1. The lowest BCUT2D eigenvalue weighted by Crippen LogP contribution is -2.41. The molecule has 0 aliphatic carbocycles. The number of carboxylic acid groups (broad SMARTS) is 1. The maximum Gasteiger partial charge on any atom is 0.326 e. The summed E-state index contributed by atoms with van der Waals surface area (Å²) < 4.78 is 6.28. The minimum absolute atomic E-state index is 0.195. The fourth-order valence-corrected chi connectivity index (χ4v) is 1.78. The molecule has 0 aliphatic rings. The number of amides is 1. The number of tetrazole rings is 1. The monoisotopic (exact) mass is 305 g/mol. The second-order valence-corrected chi connectivity index (χ2v) is 4.45. The van der Waals surface area contributed by atoms with Crippen LogP contribution in [0.4, 0.5) is 0 Å². The van der Waals surface area contributed by atoms with Crippen LogP contribution in [0.25, 0.3) is 5.69 Å². The predicted molar refractivity (Wildman–Crippen MR) is 74.5 cm³/mol. The number of aliphatic carboxylic acids is 1. The third kappa shape index (κ3) is 3.85. The normalized spacial score (nSPS) is 11.9. The largest absolute Gasteiger partial charge is 0.480 e. The minimum Gasteiger partial charge on any atom is -0.480 e. The first-order chi connectivity index (χ1) is 10.6. The third-order valence-electron chi connectivity index (χ3n) is 2.96. The van der Waals surface area contributed by atoms with Crippen LogP contribution in [0.3, 0.4) is 0 Å². The molecule has 1 heterocycles. The summed E-state index contributed by atoms with van der Waals surface area (Å²) in [6.07, 6.45) is 1.63. The first-order valence-corrected chi connectivity index (χ1v) is 6.48. The molecule has 116 valence electrons. The number of nitrogens with zero attached hydrogens (tertiary/aromatic N) is 4. The van der Waals surface area contributed by atoms with Crippen LogP contribution in [-0.2, 0) is 9.53 Å². The van der Waals surface area contributed by atoms with Crippen LogP contribution in [0, 0.1) is 0 Å². The summed E-state index contributed by atoms with van der Waals surface area (Å²) in [7, 11) is 1.47. The van der Waals surface area contributed by atoms with E-state index in [-0.39, 0.29) is 13.0 Å². The van der Waals surface area contributed by atoms with Crippen LogP contribution in [0.15, 0.2) is 30.6 Å². The van der Waals surface area contributed by atoms with Crippen molar-refractivity contribution in [3.8, 4) is 5.69 Å². The molecule has 2 N–H and O–H groups in total. The highest BCUT2D eigenvalue weighted by molar-refractivity contribution is 5.96. The van der Waals surface area contributed by atoms with E-state index in [2.05, 4.69) is 20.8 Å². The summed E-state index contributed by atoms with van der Waals surface area (Å²) in [6, 6.07) is 5.47. The molecule has 1 atom stereocenters. The first-order valence-electron chi connectivity index (χ1n) is 6.48. The van der Waals surface area contributed by atoms with Crippen molar-refractivity contribution in [3.05, 3.63) is 36.2 Å². The van der Waals surface area contributed by atoms with E-state index in [4.69, 9.17) is 9.84 Å². The van der Waals surface area contributed by atoms with Gasteiger partial charge in [0.05, 0.1) is 5.69 Å². The van der Waals surface area contributed by atoms with Gasteiger partial charge in [0.25, 0.3) is 5.91 Å². The van der Waals surface area contributed by atoms with Crippen molar-refractivity contribution in [2.24, 2.45) is 0 Å². The number of carboxylic acids is 1. The Hall–Kier alpha value is -2.81. The number of nitrogens with one attached hydrogen (secondary N) is 1. The van der Waals surface area contributed by atoms with E-state index in [9.17, 15) is 9.59 Å². The maximum atomic E-state index is 12.1. The topological polar surface area (TPSA) is 119 Å². The number of carbonyl (C=O) groups is 2. The SMILES string of the molecule is COCCC(NC(=O)c1ccc(-n2cnnn2)cc1)C(=O)O. The number of rotatable bonds is 7. The number of hydrogen-bond donors (Lipinski definition) is 2. The van der Waals surface area contributed by atoms with E-state index in [0.29, 0.717) is 11.3 Å². The van der Waals surface area contributed by atoms with Crippen molar-refractivity contribution in [1.29, 1.82) is 0 Å². The summed E-state index contributed by atoms with van der Waals surface area (Å²) >= 11 is 0. The molecule has 0 fully saturated rings. The van der Waals surface area contributed by atoms with E-state index in [1.54, 1.807) is 24.3 Å². The Kier molecular flexibility index (Phi) is 5.15. The van der Waals surface area contributed by atoms with Crippen molar-refractivity contribution in [3.63, 3.8) is 0 Å². The molecule has 1 aromatic carbocycles. The molecule has 1 unspecified atom stereocenters. The smallest absolute Gasteiger partial charge is 0.326 e. The molecule has 1 amide bonds. The van der Waals surface area contributed by atoms with Crippen LogP contribution < -0.4 is 5.32 Å². The van der Waals surface area contributed by atoms with Crippen molar-refractivity contribution in [2.75, 3.05) is 13.7 Å². The molecule has 0 radical (unpaired) electrons. The van der Waals surface area contributed by atoms with Crippen molar-refractivity contribution in [1.82, 2.24) is 25.5 Å². The molecular formula is C13H15N5O4. The summed E-state index contributed by atoms with van der Waals surface area (Å²) in [4.78, 5) is 23.1. The maximum absolute atomic E-state index is 12.1. The molecule has 1 aromatic heterocycles. The summed E-state index contributed by atoms with van der Waals surface area (Å²) in [5.74, 6) is -1.57. The minimum atomic E-state index is -1.10. The van der Waals surface area contributed by atoms with Gasteiger partial charge >= 0.3 is 5.97 Å². The zero-order valence-electron chi connectivity index (χ0n) is 11.8. The summed E-state index contributed by atoms with van der Waals surface area (Å²) in [5, 5.41) is 22.3. The van der Waals surface area contributed by atoms with Gasteiger partial charge in [0.15, 0.2) is 0 Å². The van der Waals surface area contributed by atoms with Crippen LogP contribution in [0.1, 0.15) is 16.8 Å². The highest BCUT2D eigenvalue weighted by atomic mass is 16.5. The van der Waals surface area contributed by atoms with E-state index in [0.717, 1.165) is 0 Å². The molecule has 0 spiro atoms. The molecule has 9 heteroatoms. The van der Waals surface area contributed by atoms with Gasteiger partial charge in [-0.15, -0.1) is 5.10 Å². The van der Waals surface area contributed by atoms with Gasteiger partial charge in [0.2, 0.25) is 0 Å². The van der Waals surface area contributed by atoms with Crippen molar-refractivity contribution in [2.45, 2.75) is 12.5 Å². The zero-order valence-corrected chi connectivity index (χ0v) is 11.8. The van der Waals surface area contributed by atoms with Crippen LogP contribution >= 0.6 is 0 Å². The van der Waals surface area contributed by atoms with Gasteiger partial charge in [-0.1, -0.05) is 0 Å². The second kappa shape index (κ2) is 7.27. The summed E-state index contributed by atoms with van der Waals surface area (Å²) in [5.41, 5.74) is 1.04. The predicted octanol–water partition coefficient (Wildman–Crippen LogP) is -0.118. The number of benzene rings is 1. The quantitative estimate of drug-likeness (QED) is 0.732. The average molecular weight is 305 g/mol. The molecule has 0 saturated carbocycles. The second-order valence-electron chi connectivity index (χ2n) is 4.45. The Bertz CT molecular complexity index is 626. The fraction of sp³-hybridized carbons (Fsp3) is 0.308. The Morgan fingerprint density at radius 1 is 1.36 bits per heavy atom. The Balaban J connectivity index is 2.04. The van der Waals surface area contributed by atoms with Gasteiger partial charge in [-0.25, -0.2) is 9.48 Å². The lowest BCUT2D eigenvalue weighted by Gasteiger charge is -2.14. The highest BCUT2D eigenvalue weighted by Gasteiger charge is 2.20. The number of carbonyl (C=O) groups excluding carboxylic acids is 1. The van der Waals surface area contributed by atoms with Crippen LogP contribution in [-0.4, -0.2) is 56.9 Å². The molecule has 9 nitrogen and oxygen atoms in total. The average Bonchev–Trinajstić information content (AvgIpc) is 3.05. The molecule has 2 aromatic rings. The van der Waals surface area contributed by atoms with Crippen LogP contribution in [0.5, 0.6) is 0 Å². The third-order valence-corrected chi connectivity index (χ3v) is 2.96. The zero-order chi connectivity index (χ0) is 15.9. The molecule has 2 rings (SSSR count). The van der Waals surface area contributed by atoms with E-state index >= 15 is 0 Å². The van der Waals surface area contributed by atoms with Gasteiger partial charge < -0.3 is 15.2 Å². The lowest BCUT2D eigenvalue weighted by atomic mass is 10.1. The van der Waals surface area contributed by atoms with E-state index in [1.165, 1.54) is 18.1 Å². The molecular weight excluding hydrogens is 290 g/mol. The van der Waals surface area contributed by atoms with Gasteiger partial charge in [-0.2, -0.15) is 0 Å². The Morgan fingerprint density at radius 2 is 2.09 bits per heavy atom. The number of aromatic nitrogens is 4. The standard InChI is InChI=1S/C13H15N5O4/c1-22-7-6-11(13(20)21)15-12(19)9-2-4-10(5-3-9)18-8-14-16-17-18/h2-5,8,11H,6-7H2,1H3,(H,15,19)(H,20,21). The number of hydrogen-bond acceptors (Lipinski definition) is 6. The van der Waals surface area contributed by atoms with Gasteiger partial charge in [-0.3, -0.25) is 4.79 Å². The highest BCUT2D eigenvalue weighted by Crippen LogP contribution is 2.08. The number of methoxy groups -OCH3 is 1. The van der Waals surface area contributed by atoms with Crippen molar-refractivity contribution < 1.29 is 19.4 Å². The molecule has 22 heavy (non-hydrogen) atoms. The van der Waals surface area contributed by atoms with E-state index in [1.807, 2.05) is 0 Å². The van der Waals surface area contributed by atoms with Crippen LogP contribution in [0.2, 0.25) is 0 Å². The molecule has 0 aliphatic heterocycles. The first kappa shape index (κ1) is 15.6. The van der Waals surface area contributed by atoms with Crippen molar-refractivity contribution >= 4 is 11.9 Å². The van der Waals surface area contributed by atoms with E-state index < -0.39 is 17.9 Å². The summed E-state index contributed by atoms with van der Waals surface area (Å²) in [6.45, 7) is 0.246. The Morgan fingerprint density at radius 3 is 2.64 bits per heavy atom. The molecule has 0 saturated heterocycles. The Labute approximate surface area is 125 Å². The molecule has 0 bridgehead atoms. The van der Waals surface area contributed by atoms with Gasteiger partial charge in [0, 0.05) is 25.7 Å². The van der Waals surface area contributed by atoms with Gasteiger partial charge in [-0.05, 0) is 34.7 Å². The van der Waals surface area contributed by atoms with Gasteiger partial charge in [0.1, 0.15) is 12.4 Å². The fourth-order valence-electron chi connectivity index (χ4n) is 1.78.